The molecule has 1 rings (SSSR count). The number of ether oxygens (including phenoxy) is 5. The Bertz CT molecular complexity index is 1920. The second kappa shape index (κ2) is 55.4. The average molecular weight is 1130 g/mol. The van der Waals surface area contributed by atoms with E-state index in [9.17, 15) is 34.5 Å². The number of aliphatic carboxylic acids is 1. The van der Waals surface area contributed by atoms with Crippen molar-refractivity contribution >= 4 is 23.9 Å². The van der Waals surface area contributed by atoms with Crippen LogP contribution in [0.25, 0.3) is 0 Å². The fourth-order valence-electron chi connectivity index (χ4n) is 8.54. The number of allylic oxidation sites excluding steroid dienone is 22. The Labute approximate surface area is 490 Å². The molecular formula is C69H108O12. The molecule has 12 nitrogen and oxygen atoms in total. The van der Waals surface area contributed by atoms with Crippen LogP contribution in [0.15, 0.2) is 134 Å². The summed E-state index contributed by atoms with van der Waals surface area (Å²) in [6, 6.07) is 0. The van der Waals surface area contributed by atoms with Gasteiger partial charge in [0.2, 0.25) is 0 Å². The van der Waals surface area contributed by atoms with Crippen LogP contribution < -0.4 is 0 Å². The zero-order chi connectivity index (χ0) is 58.9. The lowest BCUT2D eigenvalue weighted by molar-refractivity contribution is -0.301. The normalized spacial score (nSPS) is 18.7. The monoisotopic (exact) mass is 1130 g/mol. The predicted octanol–water partition coefficient (Wildman–Crippen LogP) is 16.6. The van der Waals surface area contributed by atoms with Crippen LogP contribution in [0, 0.1) is 0 Å². The fourth-order valence-corrected chi connectivity index (χ4v) is 8.54. The van der Waals surface area contributed by atoms with E-state index in [1.165, 1.54) is 0 Å². The third kappa shape index (κ3) is 45.1. The van der Waals surface area contributed by atoms with Crippen LogP contribution in [-0.4, -0.2) is 89.2 Å². The smallest absolute Gasteiger partial charge is 0.335 e. The summed E-state index contributed by atoms with van der Waals surface area (Å²) >= 11 is 0. The zero-order valence-corrected chi connectivity index (χ0v) is 50.2. The maximum Gasteiger partial charge on any atom is 0.335 e. The highest BCUT2D eigenvalue weighted by atomic mass is 16.7. The molecule has 0 aromatic carbocycles. The minimum absolute atomic E-state index is 0.00147. The number of carboxylic acids is 1. The van der Waals surface area contributed by atoms with Crippen molar-refractivity contribution < 1.29 is 58.2 Å². The molecule has 0 aliphatic carbocycles. The minimum Gasteiger partial charge on any atom is -0.479 e. The maximum atomic E-state index is 13.2. The lowest BCUT2D eigenvalue weighted by atomic mass is 9.98. The van der Waals surface area contributed by atoms with Gasteiger partial charge < -0.3 is 39.0 Å². The Morgan fingerprint density at radius 2 is 0.741 bits per heavy atom. The molecule has 0 bridgehead atoms. The van der Waals surface area contributed by atoms with E-state index >= 15 is 0 Å². The summed E-state index contributed by atoms with van der Waals surface area (Å²) in [5.41, 5.74) is 0. The number of carbonyl (C=O) groups excluding carboxylic acids is 3. The van der Waals surface area contributed by atoms with Gasteiger partial charge in [-0.3, -0.25) is 14.4 Å². The number of aliphatic hydroxyl groups is 2. The molecule has 1 heterocycles. The highest BCUT2D eigenvalue weighted by molar-refractivity contribution is 5.74. The summed E-state index contributed by atoms with van der Waals surface area (Å²) in [7, 11) is 0. The number of hydrogen-bond donors (Lipinski definition) is 3. The number of carbonyl (C=O) groups is 4. The number of hydrogen-bond acceptors (Lipinski definition) is 11. The van der Waals surface area contributed by atoms with Crippen molar-refractivity contribution in [2.45, 2.75) is 263 Å². The predicted molar refractivity (Wildman–Crippen MR) is 330 cm³/mol. The van der Waals surface area contributed by atoms with Crippen LogP contribution in [0.3, 0.4) is 0 Å². The summed E-state index contributed by atoms with van der Waals surface area (Å²) in [5, 5.41) is 31.5. The standard InChI is InChI=1S/C69H108O12/c1-4-7-10-13-16-19-22-25-28-30-31-33-35-37-40-43-46-49-52-55-61(70)77-58-60(79-62(71)56-53-50-47-44-41-39-36-32-29-26-23-20-17-14-11-8-5-2)59-78-69-67(65(74)64(73)66(81-69)68(75)76)80-63(72)57-54-51-48-45-42-38-34-27-24-21-18-15-12-9-6-3/h7-12,16-21,25-29,31,33-34,42,45,60,64-67,69,73-74H,4-6,13-15,22-24,30,32,35-41,43-44,46-59H2,1-3H3,(H,75,76)/b10-7-,11-8-,12-9-,19-16-,20-17-,21-18-,28-25-,29-26-,33-31-,34-27-,45-42-. The van der Waals surface area contributed by atoms with Crippen molar-refractivity contribution in [2.75, 3.05) is 13.2 Å². The van der Waals surface area contributed by atoms with E-state index in [4.69, 9.17) is 23.7 Å². The van der Waals surface area contributed by atoms with Crippen LogP contribution in [0.2, 0.25) is 0 Å². The summed E-state index contributed by atoms with van der Waals surface area (Å²) < 4.78 is 28.4. The van der Waals surface area contributed by atoms with Crippen LogP contribution in [0.4, 0.5) is 0 Å². The lowest BCUT2D eigenvalue weighted by Crippen LogP contribution is -2.61. The third-order valence-corrected chi connectivity index (χ3v) is 13.2. The van der Waals surface area contributed by atoms with E-state index in [1.807, 2.05) is 0 Å². The van der Waals surface area contributed by atoms with Gasteiger partial charge in [-0.1, -0.05) is 212 Å². The SMILES string of the molecule is CC/C=C\C/C=C\C/C=C\C/C=C\CCCCCCCCC(=O)OCC(COC1OC(C(=O)O)C(O)C(O)C1OC(=O)CCCC/C=C\C/C=C\C/C=C\C/C=C\CC)OC(=O)CCCCCCCCC/C=C\C/C=C\C/C=C\CC. The molecule has 6 unspecified atom stereocenters. The highest BCUT2D eigenvalue weighted by Gasteiger charge is 2.50. The molecule has 3 N–H and O–H groups in total. The molecule has 1 fully saturated rings. The average Bonchev–Trinajstić information content (AvgIpc) is 3.53. The molecule has 456 valence electrons. The Morgan fingerprint density at radius 3 is 1.15 bits per heavy atom. The Morgan fingerprint density at radius 1 is 0.407 bits per heavy atom. The fraction of sp³-hybridized carbons (Fsp3) is 0.623. The summed E-state index contributed by atoms with van der Waals surface area (Å²) in [4.78, 5) is 51.3. The van der Waals surface area contributed by atoms with Crippen molar-refractivity contribution in [3.63, 3.8) is 0 Å². The molecule has 0 saturated carbocycles. The number of carboxylic acid groups (broad SMARTS) is 1. The first-order chi connectivity index (χ1) is 39.6. The molecule has 1 aliphatic heterocycles. The summed E-state index contributed by atoms with van der Waals surface area (Å²) in [6.45, 7) is 5.61. The van der Waals surface area contributed by atoms with Gasteiger partial charge in [-0.2, -0.15) is 0 Å². The summed E-state index contributed by atoms with van der Waals surface area (Å²) in [5.74, 6) is -3.22. The van der Waals surface area contributed by atoms with Crippen LogP contribution >= 0.6 is 0 Å². The quantitative estimate of drug-likeness (QED) is 0.0228. The first-order valence-electron chi connectivity index (χ1n) is 31.2. The highest BCUT2D eigenvalue weighted by Crippen LogP contribution is 2.26. The molecule has 1 saturated heterocycles. The minimum atomic E-state index is -1.93. The van der Waals surface area contributed by atoms with Gasteiger partial charge >= 0.3 is 23.9 Å². The molecule has 0 radical (unpaired) electrons. The van der Waals surface area contributed by atoms with Crippen LogP contribution in [0.5, 0.6) is 0 Å². The number of rotatable bonds is 51. The topological polar surface area (TPSA) is 175 Å². The molecular weight excluding hydrogens is 1020 g/mol. The zero-order valence-electron chi connectivity index (χ0n) is 50.2. The lowest BCUT2D eigenvalue weighted by Gasteiger charge is -2.40. The molecule has 0 aromatic heterocycles. The molecule has 0 aromatic rings. The number of esters is 3. The van der Waals surface area contributed by atoms with Crippen LogP contribution in [-0.2, 0) is 42.9 Å². The molecule has 6 atom stereocenters. The van der Waals surface area contributed by atoms with Gasteiger partial charge in [0.15, 0.2) is 24.6 Å². The van der Waals surface area contributed by atoms with Crippen molar-refractivity contribution in [1.29, 1.82) is 0 Å². The van der Waals surface area contributed by atoms with Crippen molar-refractivity contribution in [3.8, 4) is 0 Å². The first-order valence-corrected chi connectivity index (χ1v) is 31.2. The Balaban J connectivity index is 2.72. The largest absolute Gasteiger partial charge is 0.479 e. The van der Waals surface area contributed by atoms with E-state index in [-0.39, 0.29) is 25.9 Å². The van der Waals surface area contributed by atoms with Crippen molar-refractivity contribution in [1.82, 2.24) is 0 Å². The van der Waals surface area contributed by atoms with Gasteiger partial charge in [0.25, 0.3) is 0 Å². The summed E-state index contributed by atoms with van der Waals surface area (Å²) in [6.07, 6.45) is 65.5. The second-order valence-corrected chi connectivity index (χ2v) is 20.5. The molecule has 12 heteroatoms. The molecule has 1 aliphatic rings. The van der Waals surface area contributed by atoms with Gasteiger partial charge in [0.05, 0.1) is 6.61 Å². The van der Waals surface area contributed by atoms with Gasteiger partial charge in [-0.15, -0.1) is 0 Å². The Hall–Kier alpha value is -5.14. The van der Waals surface area contributed by atoms with E-state index < -0.39 is 67.3 Å². The molecule has 81 heavy (non-hydrogen) atoms. The van der Waals surface area contributed by atoms with Crippen molar-refractivity contribution in [3.05, 3.63) is 134 Å². The van der Waals surface area contributed by atoms with Gasteiger partial charge in [0, 0.05) is 19.3 Å². The number of aliphatic hydroxyl groups excluding tert-OH is 2. The maximum absolute atomic E-state index is 13.2. The molecule has 0 spiro atoms. The van der Waals surface area contributed by atoms with E-state index in [0.717, 1.165) is 161 Å². The number of unbranched alkanes of at least 4 members (excludes halogenated alkanes) is 15. The second-order valence-electron chi connectivity index (χ2n) is 20.5. The third-order valence-electron chi connectivity index (χ3n) is 13.2. The van der Waals surface area contributed by atoms with Crippen molar-refractivity contribution in [2.24, 2.45) is 0 Å². The van der Waals surface area contributed by atoms with Gasteiger partial charge in [-0.05, 0) is 128 Å². The Kier molecular flexibility index (Phi) is 50.5. The van der Waals surface area contributed by atoms with Gasteiger partial charge in [-0.25, -0.2) is 4.79 Å². The van der Waals surface area contributed by atoms with E-state index in [2.05, 4.69) is 154 Å². The van der Waals surface area contributed by atoms with E-state index in [0.29, 0.717) is 25.7 Å². The van der Waals surface area contributed by atoms with Gasteiger partial charge in [0.1, 0.15) is 18.8 Å². The molecule has 0 amide bonds. The van der Waals surface area contributed by atoms with E-state index in [1.54, 1.807) is 0 Å². The van der Waals surface area contributed by atoms with Crippen LogP contribution in [0.1, 0.15) is 226 Å². The first kappa shape index (κ1) is 73.9.